The van der Waals surface area contributed by atoms with E-state index in [0.717, 1.165) is 27.5 Å². The molecule has 0 bridgehead atoms. The number of hydrogen-bond donors (Lipinski definition) is 2. The first kappa shape index (κ1) is 22.4. The standard InChI is InChI=1S/C20H26N6O2S2/c1-4-30-20-24-17(21-10-12-28-2)15-13-23-26(18(15)25-20)11-9-22-19(27)14-7-5-6-8-16(14)29-3/h5-8,13H,4,9-12H2,1-3H3,(H,22,27)(H,21,24,25). The molecule has 0 saturated heterocycles. The average Bonchev–Trinajstić information content (AvgIpc) is 3.17. The molecule has 160 valence electrons. The molecule has 0 radical (unpaired) electrons. The van der Waals surface area contributed by atoms with Crippen molar-refractivity contribution < 1.29 is 9.53 Å². The van der Waals surface area contributed by atoms with Gasteiger partial charge in [-0.3, -0.25) is 4.79 Å². The third kappa shape index (κ3) is 5.44. The number of fused-ring (bicyclic) bond motifs is 1. The van der Waals surface area contributed by atoms with Crippen molar-refractivity contribution in [3.05, 3.63) is 36.0 Å². The van der Waals surface area contributed by atoms with E-state index in [1.807, 2.05) is 30.5 Å². The zero-order chi connectivity index (χ0) is 21.3. The number of nitrogens with one attached hydrogen (secondary N) is 2. The first-order valence-electron chi connectivity index (χ1n) is 9.68. The van der Waals surface area contributed by atoms with Crippen LogP contribution in [-0.2, 0) is 11.3 Å². The number of benzene rings is 1. The summed E-state index contributed by atoms with van der Waals surface area (Å²) >= 11 is 3.14. The van der Waals surface area contributed by atoms with E-state index >= 15 is 0 Å². The number of carbonyl (C=O) groups excluding carboxylic acids is 1. The van der Waals surface area contributed by atoms with Crippen molar-refractivity contribution in [2.24, 2.45) is 0 Å². The Bertz CT molecular complexity index is 995. The predicted molar refractivity (Wildman–Crippen MR) is 123 cm³/mol. The average molecular weight is 447 g/mol. The minimum absolute atomic E-state index is 0.0878. The van der Waals surface area contributed by atoms with E-state index in [9.17, 15) is 4.79 Å². The molecule has 3 rings (SSSR count). The highest BCUT2D eigenvalue weighted by molar-refractivity contribution is 7.99. The molecule has 0 spiro atoms. The Hall–Kier alpha value is -2.30. The second-order valence-corrected chi connectivity index (χ2v) is 8.35. The van der Waals surface area contributed by atoms with Crippen molar-refractivity contribution in [2.75, 3.05) is 44.1 Å². The molecular formula is C20H26N6O2S2. The minimum atomic E-state index is -0.0878. The molecule has 1 aromatic carbocycles. The van der Waals surface area contributed by atoms with E-state index < -0.39 is 0 Å². The van der Waals surface area contributed by atoms with Crippen molar-refractivity contribution >= 4 is 46.3 Å². The van der Waals surface area contributed by atoms with Gasteiger partial charge in [0, 0.05) is 25.1 Å². The lowest BCUT2D eigenvalue weighted by Crippen LogP contribution is -2.28. The van der Waals surface area contributed by atoms with Gasteiger partial charge < -0.3 is 15.4 Å². The SMILES string of the molecule is CCSc1nc(NCCOC)c2cnn(CCNC(=O)c3ccccc3SC)c2n1. The fraction of sp³-hybridized carbons (Fsp3) is 0.400. The van der Waals surface area contributed by atoms with Gasteiger partial charge in [-0.15, -0.1) is 11.8 Å². The van der Waals surface area contributed by atoms with Crippen LogP contribution in [0.25, 0.3) is 11.0 Å². The molecule has 10 heteroatoms. The zero-order valence-electron chi connectivity index (χ0n) is 17.3. The number of carbonyl (C=O) groups is 1. The Kier molecular flexibility index (Phi) is 8.35. The molecule has 0 atom stereocenters. The molecule has 0 aliphatic rings. The number of hydrogen-bond acceptors (Lipinski definition) is 8. The molecule has 2 N–H and O–H groups in total. The number of aromatic nitrogens is 4. The number of ether oxygens (including phenoxy) is 1. The van der Waals surface area contributed by atoms with Crippen LogP contribution >= 0.6 is 23.5 Å². The van der Waals surface area contributed by atoms with E-state index in [2.05, 4.69) is 32.6 Å². The number of methoxy groups -OCH3 is 1. The smallest absolute Gasteiger partial charge is 0.252 e. The van der Waals surface area contributed by atoms with Crippen LogP contribution in [0.3, 0.4) is 0 Å². The summed E-state index contributed by atoms with van der Waals surface area (Å²) in [6.45, 7) is 4.26. The summed E-state index contributed by atoms with van der Waals surface area (Å²) in [5.41, 5.74) is 1.43. The van der Waals surface area contributed by atoms with Gasteiger partial charge in [0.05, 0.1) is 30.3 Å². The van der Waals surface area contributed by atoms with E-state index in [-0.39, 0.29) is 5.91 Å². The fourth-order valence-corrected chi connectivity index (χ4v) is 4.06. The minimum Gasteiger partial charge on any atom is -0.383 e. The zero-order valence-corrected chi connectivity index (χ0v) is 19.0. The number of nitrogens with zero attached hydrogens (tertiary/aromatic N) is 4. The Balaban J connectivity index is 1.73. The molecule has 30 heavy (non-hydrogen) atoms. The van der Waals surface area contributed by atoms with Crippen LogP contribution in [-0.4, -0.2) is 64.5 Å². The molecule has 0 fully saturated rings. The predicted octanol–water partition coefficient (Wildman–Crippen LogP) is 3.15. The summed E-state index contributed by atoms with van der Waals surface area (Å²) < 4.78 is 6.92. The summed E-state index contributed by atoms with van der Waals surface area (Å²) in [4.78, 5) is 22.8. The number of rotatable bonds is 11. The summed E-state index contributed by atoms with van der Waals surface area (Å²) in [7, 11) is 1.67. The molecular weight excluding hydrogens is 420 g/mol. The van der Waals surface area contributed by atoms with Gasteiger partial charge in [-0.05, 0) is 24.1 Å². The third-order valence-electron chi connectivity index (χ3n) is 4.31. The van der Waals surface area contributed by atoms with Gasteiger partial charge in [0.15, 0.2) is 10.8 Å². The number of amides is 1. The Morgan fingerprint density at radius 3 is 2.83 bits per heavy atom. The molecule has 2 aromatic heterocycles. The van der Waals surface area contributed by atoms with E-state index in [1.165, 1.54) is 0 Å². The maximum Gasteiger partial charge on any atom is 0.252 e. The summed E-state index contributed by atoms with van der Waals surface area (Å²) in [5, 5.41) is 12.3. The Morgan fingerprint density at radius 1 is 1.23 bits per heavy atom. The van der Waals surface area contributed by atoms with Gasteiger partial charge in [0.2, 0.25) is 0 Å². The lowest BCUT2D eigenvalue weighted by atomic mass is 10.2. The lowest BCUT2D eigenvalue weighted by molar-refractivity contribution is 0.0949. The van der Waals surface area contributed by atoms with Gasteiger partial charge in [0.25, 0.3) is 5.91 Å². The van der Waals surface area contributed by atoms with Gasteiger partial charge in [-0.25, -0.2) is 14.6 Å². The second kappa shape index (κ2) is 11.2. The van der Waals surface area contributed by atoms with Crippen LogP contribution in [0.4, 0.5) is 5.82 Å². The number of anilines is 1. The lowest BCUT2D eigenvalue weighted by Gasteiger charge is -2.10. The Morgan fingerprint density at radius 2 is 2.07 bits per heavy atom. The normalized spacial score (nSPS) is 11.0. The first-order chi connectivity index (χ1) is 14.7. The Labute approximate surface area is 184 Å². The van der Waals surface area contributed by atoms with Crippen molar-refractivity contribution in [1.82, 2.24) is 25.1 Å². The first-order valence-corrected chi connectivity index (χ1v) is 11.9. The third-order valence-corrected chi connectivity index (χ3v) is 5.83. The van der Waals surface area contributed by atoms with Crippen molar-refractivity contribution in [3.63, 3.8) is 0 Å². The monoisotopic (exact) mass is 446 g/mol. The molecule has 0 saturated carbocycles. The van der Waals surface area contributed by atoms with Crippen molar-refractivity contribution in [2.45, 2.75) is 23.5 Å². The van der Waals surface area contributed by atoms with Crippen LogP contribution in [0.15, 0.2) is 40.5 Å². The van der Waals surface area contributed by atoms with Crippen LogP contribution in [0, 0.1) is 0 Å². The highest BCUT2D eigenvalue weighted by Crippen LogP contribution is 2.24. The van der Waals surface area contributed by atoms with Crippen molar-refractivity contribution in [1.29, 1.82) is 0 Å². The fourth-order valence-electron chi connectivity index (χ4n) is 2.90. The number of thioether (sulfide) groups is 2. The van der Waals surface area contributed by atoms with E-state index in [0.29, 0.717) is 37.0 Å². The van der Waals surface area contributed by atoms with Crippen LogP contribution in [0.1, 0.15) is 17.3 Å². The molecule has 8 nitrogen and oxygen atoms in total. The highest BCUT2D eigenvalue weighted by Gasteiger charge is 2.14. The van der Waals surface area contributed by atoms with Gasteiger partial charge >= 0.3 is 0 Å². The topological polar surface area (TPSA) is 94.0 Å². The van der Waals surface area contributed by atoms with Crippen LogP contribution < -0.4 is 10.6 Å². The van der Waals surface area contributed by atoms with E-state index in [4.69, 9.17) is 4.74 Å². The largest absolute Gasteiger partial charge is 0.383 e. The summed E-state index contributed by atoms with van der Waals surface area (Å²) in [5.74, 6) is 1.54. The summed E-state index contributed by atoms with van der Waals surface area (Å²) in [6.07, 6.45) is 3.72. The molecule has 0 aliphatic heterocycles. The van der Waals surface area contributed by atoms with Crippen LogP contribution in [0.5, 0.6) is 0 Å². The van der Waals surface area contributed by atoms with Crippen LogP contribution in [0.2, 0.25) is 0 Å². The van der Waals surface area contributed by atoms with Crippen molar-refractivity contribution in [3.8, 4) is 0 Å². The maximum absolute atomic E-state index is 12.6. The second-order valence-electron chi connectivity index (χ2n) is 6.27. The molecule has 0 aliphatic carbocycles. The molecule has 0 unspecified atom stereocenters. The summed E-state index contributed by atoms with van der Waals surface area (Å²) in [6, 6.07) is 7.59. The molecule has 3 aromatic rings. The molecule has 1 amide bonds. The van der Waals surface area contributed by atoms with E-state index in [1.54, 1.807) is 41.5 Å². The quantitative estimate of drug-likeness (QED) is 0.264. The maximum atomic E-state index is 12.6. The highest BCUT2D eigenvalue weighted by atomic mass is 32.2. The molecule has 2 heterocycles. The van der Waals surface area contributed by atoms with Gasteiger partial charge in [-0.1, -0.05) is 30.8 Å². The van der Waals surface area contributed by atoms with Gasteiger partial charge in [0.1, 0.15) is 5.82 Å². The van der Waals surface area contributed by atoms with Gasteiger partial charge in [-0.2, -0.15) is 5.10 Å².